The molecule has 0 atom stereocenters. The summed E-state index contributed by atoms with van der Waals surface area (Å²) in [6, 6.07) is 4.00. The first-order valence-corrected chi connectivity index (χ1v) is 7.42. The highest BCUT2D eigenvalue weighted by atomic mass is 32.2. The van der Waals surface area contributed by atoms with Crippen LogP contribution in [0.4, 0.5) is 0 Å². The summed E-state index contributed by atoms with van der Waals surface area (Å²) in [6.45, 7) is 0.700. The topological polar surface area (TPSA) is 116 Å². The first-order valence-electron chi connectivity index (χ1n) is 5.98. The Bertz CT molecular complexity index is 586. The number of carbonyl (C=O) groups is 1. The van der Waals surface area contributed by atoms with Crippen molar-refractivity contribution in [2.24, 2.45) is 11.5 Å². The summed E-state index contributed by atoms with van der Waals surface area (Å²) >= 11 is 0. The minimum Gasteiger partial charge on any atom is -0.496 e. The van der Waals surface area contributed by atoms with Gasteiger partial charge in [0.2, 0.25) is 10.0 Å². The van der Waals surface area contributed by atoms with Crippen LogP contribution in [0.3, 0.4) is 0 Å². The van der Waals surface area contributed by atoms with E-state index in [0.29, 0.717) is 19.5 Å². The van der Waals surface area contributed by atoms with Crippen LogP contribution in [0.1, 0.15) is 16.8 Å². The van der Waals surface area contributed by atoms with Crippen molar-refractivity contribution in [3.05, 3.63) is 23.8 Å². The summed E-state index contributed by atoms with van der Waals surface area (Å²) in [4.78, 5) is 11.3. The molecule has 1 amide bonds. The number of carbonyl (C=O) groups excluding carboxylic acids is 1. The summed E-state index contributed by atoms with van der Waals surface area (Å²) in [5.74, 6) is -0.510. The molecule has 0 bridgehead atoms. The van der Waals surface area contributed by atoms with E-state index in [0.717, 1.165) is 0 Å². The van der Waals surface area contributed by atoms with Crippen LogP contribution in [0.2, 0.25) is 0 Å². The van der Waals surface area contributed by atoms with E-state index in [1.807, 2.05) is 0 Å². The minimum atomic E-state index is -3.68. The molecular formula is C12H19N3O4S. The molecule has 0 radical (unpaired) electrons. The summed E-state index contributed by atoms with van der Waals surface area (Å²) in [7, 11) is -0.842. The van der Waals surface area contributed by atoms with Gasteiger partial charge in [-0.05, 0) is 31.2 Å². The number of benzene rings is 1. The first kappa shape index (κ1) is 16.4. The van der Waals surface area contributed by atoms with E-state index in [1.165, 1.54) is 36.7 Å². The fraction of sp³-hybridized carbons (Fsp3) is 0.417. The third-order valence-corrected chi connectivity index (χ3v) is 4.67. The molecule has 0 aliphatic carbocycles. The quantitative estimate of drug-likeness (QED) is 0.721. The number of nitrogens with two attached hydrogens (primary N) is 2. The Morgan fingerprint density at radius 1 is 1.40 bits per heavy atom. The van der Waals surface area contributed by atoms with Gasteiger partial charge in [-0.15, -0.1) is 0 Å². The maximum Gasteiger partial charge on any atom is 0.252 e. The molecule has 1 aromatic rings. The molecule has 112 valence electrons. The lowest BCUT2D eigenvalue weighted by Crippen LogP contribution is -2.29. The van der Waals surface area contributed by atoms with Gasteiger partial charge in [-0.25, -0.2) is 12.7 Å². The number of primary amides is 1. The fourth-order valence-corrected chi connectivity index (χ4v) is 2.89. The van der Waals surface area contributed by atoms with Crippen LogP contribution in [0, 0.1) is 0 Å². The fourth-order valence-electron chi connectivity index (χ4n) is 1.65. The molecule has 1 rings (SSSR count). The molecule has 0 fully saturated rings. The van der Waals surface area contributed by atoms with Crippen LogP contribution in [0.15, 0.2) is 23.1 Å². The van der Waals surface area contributed by atoms with E-state index in [-0.39, 0.29) is 16.2 Å². The first-order chi connectivity index (χ1) is 9.34. The average Bonchev–Trinajstić information content (AvgIpc) is 2.43. The number of hydrogen-bond donors (Lipinski definition) is 2. The zero-order chi connectivity index (χ0) is 15.3. The Labute approximate surface area is 118 Å². The number of hydrogen-bond acceptors (Lipinski definition) is 5. The van der Waals surface area contributed by atoms with Crippen LogP contribution >= 0.6 is 0 Å². The van der Waals surface area contributed by atoms with E-state index in [4.69, 9.17) is 16.2 Å². The number of rotatable bonds is 7. The molecule has 20 heavy (non-hydrogen) atoms. The highest BCUT2D eigenvalue weighted by Gasteiger charge is 2.22. The second-order valence-electron chi connectivity index (χ2n) is 4.20. The summed E-state index contributed by atoms with van der Waals surface area (Å²) in [5.41, 5.74) is 10.6. The highest BCUT2D eigenvalue weighted by molar-refractivity contribution is 7.89. The largest absolute Gasteiger partial charge is 0.496 e. The Morgan fingerprint density at radius 3 is 2.55 bits per heavy atom. The number of methoxy groups -OCH3 is 1. The molecule has 0 spiro atoms. The number of sulfonamides is 1. The zero-order valence-corrected chi connectivity index (χ0v) is 12.3. The second-order valence-corrected chi connectivity index (χ2v) is 6.24. The van der Waals surface area contributed by atoms with E-state index < -0.39 is 15.9 Å². The third-order valence-electron chi connectivity index (χ3n) is 2.82. The van der Waals surface area contributed by atoms with E-state index in [9.17, 15) is 13.2 Å². The van der Waals surface area contributed by atoms with E-state index in [2.05, 4.69) is 0 Å². The Hall–Kier alpha value is -1.64. The van der Waals surface area contributed by atoms with Crippen molar-refractivity contribution in [2.45, 2.75) is 11.3 Å². The van der Waals surface area contributed by atoms with E-state index >= 15 is 0 Å². The Morgan fingerprint density at radius 2 is 2.05 bits per heavy atom. The average molecular weight is 301 g/mol. The van der Waals surface area contributed by atoms with Gasteiger partial charge in [-0.2, -0.15) is 0 Å². The van der Waals surface area contributed by atoms with Gasteiger partial charge in [0.15, 0.2) is 0 Å². The molecule has 0 heterocycles. The van der Waals surface area contributed by atoms with Crippen molar-refractivity contribution in [3.63, 3.8) is 0 Å². The molecule has 0 aliphatic rings. The van der Waals surface area contributed by atoms with Gasteiger partial charge in [-0.3, -0.25) is 4.79 Å². The van der Waals surface area contributed by atoms with Crippen molar-refractivity contribution in [3.8, 4) is 5.75 Å². The summed E-state index contributed by atoms with van der Waals surface area (Å²) < 4.78 is 30.8. The number of amides is 1. The maximum atomic E-state index is 12.3. The van der Waals surface area contributed by atoms with Gasteiger partial charge in [0.05, 0.1) is 17.6 Å². The van der Waals surface area contributed by atoms with Gasteiger partial charge < -0.3 is 16.2 Å². The third kappa shape index (κ3) is 3.47. The van der Waals surface area contributed by atoms with E-state index in [1.54, 1.807) is 0 Å². The Kier molecular flexibility index (Phi) is 5.49. The summed E-state index contributed by atoms with van der Waals surface area (Å²) in [6.07, 6.45) is 0.550. The van der Waals surface area contributed by atoms with Crippen molar-refractivity contribution in [1.29, 1.82) is 0 Å². The van der Waals surface area contributed by atoms with Crippen LogP contribution in [0.5, 0.6) is 5.75 Å². The van der Waals surface area contributed by atoms with Crippen LogP contribution in [0.25, 0.3) is 0 Å². The second kappa shape index (κ2) is 6.69. The molecular weight excluding hydrogens is 282 g/mol. The van der Waals surface area contributed by atoms with Gasteiger partial charge in [-0.1, -0.05) is 0 Å². The molecule has 0 saturated carbocycles. The van der Waals surface area contributed by atoms with Crippen LogP contribution in [-0.2, 0) is 10.0 Å². The van der Waals surface area contributed by atoms with Crippen molar-refractivity contribution >= 4 is 15.9 Å². The predicted molar refractivity (Wildman–Crippen MR) is 75.0 cm³/mol. The van der Waals surface area contributed by atoms with Crippen LogP contribution in [-0.4, -0.2) is 45.9 Å². The molecule has 4 N–H and O–H groups in total. The number of ether oxygens (including phenoxy) is 1. The molecule has 0 aliphatic heterocycles. The van der Waals surface area contributed by atoms with Crippen molar-refractivity contribution in [1.82, 2.24) is 4.31 Å². The smallest absolute Gasteiger partial charge is 0.252 e. The molecule has 0 aromatic heterocycles. The van der Waals surface area contributed by atoms with Crippen molar-refractivity contribution in [2.75, 3.05) is 27.2 Å². The van der Waals surface area contributed by atoms with Crippen molar-refractivity contribution < 1.29 is 17.9 Å². The molecule has 7 nitrogen and oxygen atoms in total. The minimum absolute atomic E-state index is 0.00776. The predicted octanol–water partition coefficient (Wildman–Crippen LogP) is -0.237. The lowest BCUT2D eigenvalue weighted by Gasteiger charge is -2.17. The summed E-state index contributed by atoms with van der Waals surface area (Å²) in [5, 5.41) is 0. The van der Waals surface area contributed by atoms with Gasteiger partial charge in [0, 0.05) is 13.6 Å². The standard InChI is InChI=1S/C12H19N3O4S/c1-15(7-3-6-13)20(17,18)9-4-5-11(19-2)10(8-9)12(14)16/h4-5,8H,3,6-7,13H2,1-2H3,(H2,14,16). The van der Waals surface area contributed by atoms with Gasteiger partial charge in [0.25, 0.3) is 5.91 Å². The monoisotopic (exact) mass is 301 g/mol. The molecule has 0 saturated heterocycles. The zero-order valence-electron chi connectivity index (χ0n) is 11.5. The SMILES string of the molecule is COc1ccc(S(=O)(=O)N(C)CCCN)cc1C(N)=O. The molecule has 1 aromatic carbocycles. The highest BCUT2D eigenvalue weighted by Crippen LogP contribution is 2.23. The number of nitrogens with zero attached hydrogens (tertiary/aromatic N) is 1. The van der Waals surface area contributed by atoms with Gasteiger partial charge >= 0.3 is 0 Å². The van der Waals surface area contributed by atoms with Crippen LogP contribution < -0.4 is 16.2 Å². The lowest BCUT2D eigenvalue weighted by atomic mass is 10.2. The Balaban J connectivity index is 3.19. The molecule has 8 heteroatoms. The lowest BCUT2D eigenvalue weighted by molar-refractivity contribution is 0.0997. The molecule has 0 unspecified atom stereocenters. The van der Waals surface area contributed by atoms with Gasteiger partial charge in [0.1, 0.15) is 5.75 Å². The normalized spacial score (nSPS) is 11.6. The maximum absolute atomic E-state index is 12.3.